The van der Waals surface area contributed by atoms with Gasteiger partial charge in [0.2, 0.25) is 0 Å². The van der Waals surface area contributed by atoms with Crippen LogP contribution >= 0.6 is 11.6 Å². The molecule has 1 N–H and O–H groups in total. The van der Waals surface area contributed by atoms with E-state index in [1.807, 2.05) is 17.0 Å². The van der Waals surface area contributed by atoms with E-state index in [4.69, 9.17) is 11.6 Å². The van der Waals surface area contributed by atoms with E-state index in [2.05, 4.69) is 9.97 Å². The average molecular weight is 386 g/mol. The Bertz CT molecular complexity index is 747. The highest BCUT2D eigenvalue weighted by atomic mass is 35.5. The maximum Gasteiger partial charge on any atom is 0.434 e. The van der Waals surface area contributed by atoms with Gasteiger partial charge in [-0.15, -0.1) is 0 Å². The molecule has 0 amide bonds. The molecule has 0 saturated carbocycles. The van der Waals surface area contributed by atoms with Crippen molar-refractivity contribution in [2.75, 3.05) is 24.6 Å². The van der Waals surface area contributed by atoms with E-state index in [1.165, 1.54) is 12.3 Å². The lowest BCUT2D eigenvalue weighted by Crippen LogP contribution is -2.43. The van der Waals surface area contributed by atoms with Gasteiger partial charge in [0.25, 0.3) is 0 Å². The van der Waals surface area contributed by atoms with Crippen molar-refractivity contribution < 1.29 is 18.3 Å². The van der Waals surface area contributed by atoms with Gasteiger partial charge in [-0.1, -0.05) is 17.7 Å². The number of piperidine rings is 1. The Kier molecular flexibility index (Phi) is 5.39. The molecule has 3 rings (SSSR count). The van der Waals surface area contributed by atoms with Crippen LogP contribution in [-0.2, 0) is 12.6 Å². The van der Waals surface area contributed by atoms with E-state index in [0.717, 1.165) is 24.8 Å². The molecule has 0 aliphatic carbocycles. The monoisotopic (exact) mass is 385 g/mol. The number of hydrogen-bond donors (Lipinski definition) is 1. The van der Waals surface area contributed by atoms with Crippen LogP contribution in [0.15, 0.2) is 36.8 Å². The zero-order chi connectivity index (χ0) is 18.8. The van der Waals surface area contributed by atoms with Gasteiger partial charge in [0.15, 0.2) is 5.69 Å². The number of alkyl halides is 3. The molecule has 8 heteroatoms. The van der Waals surface area contributed by atoms with Gasteiger partial charge in [-0.2, -0.15) is 13.2 Å². The molecule has 2 aromatic heterocycles. The molecule has 0 spiro atoms. The summed E-state index contributed by atoms with van der Waals surface area (Å²) in [6.45, 7) is 1.29. The highest BCUT2D eigenvalue weighted by molar-refractivity contribution is 6.31. The number of anilines is 1. The predicted molar refractivity (Wildman–Crippen MR) is 93.2 cm³/mol. The molecule has 1 aliphatic rings. The van der Waals surface area contributed by atoms with Crippen LogP contribution in [0.3, 0.4) is 0 Å². The summed E-state index contributed by atoms with van der Waals surface area (Å²) in [4.78, 5) is 9.56. The number of pyridine rings is 2. The van der Waals surface area contributed by atoms with E-state index in [1.54, 1.807) is 12.4 Å². The van der Waals surface area contributed by atoms with Crippen LogP contribution in [0.2, 0.25) is 5.02 Å². The number of nitrogens with zero attached hydrogens (tertiary/aromatic N) is 3. The molecular weight excluding hydrogens is 367 g/mol. The summed E-state index contributed by atoms with van der Waals surface area (Å²) >= 11 is 5.77. The number of aliphatic hydroxyl groups is 1. The van der Waals surface area contributed by atoms with E-state index < -0.39 is 16.9 Å². The predicted octanol–water partition coefficient (Wildman–Crippen LogP) is 3.97. The van der Waals surface area contributed by atoms with E-state index >= 15 is 0 Å². The van der Waals surface area contributed by atoms with Gasteiger partial charge in [-0.05, 0) is 37.0 Å². The Morgan fingerprint density at radius 3 is 2.50 bits per heavy atom. The molecule has 0 atom stereocenters. The minimum Gasteiger partial charge on any atom is -0.396 e. The highest BCUT2D eigenvalue weighted by Crippen LogP contribution is 2.38. The quantitative estimate of drug-likeness (QED) is 0.865. The molecule has 1 fully saturated rings. The molecule has 0 aromatic carbocycles. The topological polar surface area (TPSA) is 49.3 Å². The average Bonchev–Trinajstić information content (AvgIpc) is 2.62. The SMILES string of the molecule is OCC1(Cc2cccnc2)CCN(c2cnc(C(F)(F)F)c(Cl)c2)CC1. The Hall–Kier alpha value is -1.86. The van der Waals surface area contributed by atoms with Gasteiger partial charge in [0.05, 0.1) is 16.9 Å². The van der Waals surface area contributed by atoms with E-state index in [9.17, 15) is 18.3 Å². The first-order valence-electron chi connectivity index (χ1n) is 8.30. The van der Waals surface area contributed by atoms with Gasteiger partial charge in [-0.25, -0.2) is 4.98 Å². The Morgan fingerprint density at radius 1 is 1.23 bits per heavy atom. The largest absolute Gasteiger partial charge is 0.434 e. The van der Waals surface area contributed by atoms with E-state index in [0.29, 0.717) is 18.8 Å². The van der Waals surface area contributed by atoms with Crippen molar-refractivity contribution in [1.29, 1.82) is 0 Å². The maximum absolute atomic E-state index is 12.8. The second-order valence-corrected chi connectivity index (χ2v) is 7.11. The van der Waals surface area contributed by atoms with Crippen molar-refractivity contribution in [2.45, 2.75) is 25.4 Å². The first kappa shape index (κ1) is 18.9. The first-order chi connectivity index (χ1) is 12.3. The van der Waals surface area contributed by atoms with Crippen LogP contribution in [0.4, 0.5) is 18.9 Å². The molecule has 4 nitrogen and oxygen atoms in total. The maximum atomic E-state index is 12.8. The minimum atomic E-state index is -4.56. The third-order valence-electron chi connectivity index (χ3n) is 4.92. The lowest BCUT2D eigenvalue weighted by Gasteiger charge is -2.41. The fourth-order valence-corrected chi connectivity index (χ4v) is 3.64. The molecule has 3 heterocycles. The standard InChI is InChI=1S/C18H19ClF3N3O/c19-15-8-14(11-24-16(15)18(20,21)22)25-6-3-17(12-26,4-7-25)9-13-2-1-5-23-10-13/h1-2,5,8,10-11,26H,3-4,6-7,9,12H2. The molecule has 2 aromatic rings. The van der Waals surface area contributed by atoms with Crippen LogP contribution < -0.4 is 4.90 Å². The third kappa shape index (κ3) is 4.10. The number of hydrogen-bond acceptors (Lipinski definition) is 4. The van der Waals surface area contributed by atoms with Crippen LogP contribution in [0.5, 0.6) is 0 Å². The van der Waals surface area contributed by atoms with E-state index in [-0.39, 0.29) is 12.0 Å². The minimum absolute atomic E-state index is 0.0573. The van der Waals surface area contributed by atoms with Gasteiger partial charge < -0.3 is 10.0 Å². The van der Waals surface area contributed by atoms with Crippen LogP contribution in [0.1, 0.15) is 24.1 Å². The van der Waals surface area contributed by atoms with Gasteiger partial charge in [0.1, 0.15) is 0 Å². The summed E-state index contributed by atoms with van der Waals surface area (Å²) < 4.78 is 38.4. The van der Waals surface area contributed by atoms with Crippen LogP contribution in [0.25, 0.3) is 0 Å². The van der Waals surface area contributed by atoms with Crippen LogP contribution in [0, 0.1) is 5.41 Å². The van der Waals surface area contributed by atoms with Gasteiger partial charge >= 0.3 is 6.18 Å². The molecule has 26 heavy (non-hydrogen) atoms. The summed E-state index contributed by atoms with van der Waals surface area (Å²) in [6.07, 6.45) is 2.31. The Labute approximate surface area is 154 Å². The Balaban J connectivity index is 1.70. The van der Waals surface area contributed by atoms with Crippen molar-refractivity contribution >= 4 is 17.3 Å². The second-order valence-electron chi connectivity index (χ2n) is 6.70. The number of halogens is 4. The number of rotatable bonds is 4. The number of aliphatic hydroxyl groups excluding tert-OH is 1. The number of aromatic nitrogens is 2. The fourth-order valence-electron chi connectivity index (χ4n) is 3.38. The molecule has 140 valence electrons. The van der Waals surface area contributed by atoms with Crippen molar-refractivity contribution in [3.63, 3.8) is 0 Å². The zero-order valence-electron chi connectivity index (χ0n) is 14.0. The molecular formula is C18H19ClF3N3O. The van der Waals surface area contributed by atoms with Crippen molar-refractivity contribution in [2.24, 2.45) is 5.41 Å². The summed E-state index contributed by atoms with van der Waals surface area (Å²) in [6, 6.07) is 5.16. The summed E-state index contributed by atoms with van der Waals surface area (Å²) in [5.74, 6) is 0. The van der Waals surface area contributed by atoms with Crippen molar-refractivity contribution in [3.05, 3.63) is 53.1 Å². The smallest absolute Gasteiger partial charge is 0.396 e. The summed E-state index contributed by atoms with van der Waals surface area (Å²) in [5, 5.41) is 9.53. The molecule has 0 unspecified atom stereocenters. The second kappa shape index (κ2) is 7.40. The zero-order valence-corrected chi connectivity index (χ0v) is 14.8. The van der Waals surface area contributed by atoms with Gasteiger partial charge in [0, 0.05) is 37.5 Å². The van der Waals surface area contributed by atoms with Crippen molar-refractivity contribution in [1.82, 2.24) is 9.97 Å². The fraction of sp³-hybridized carbons (Fsp3) is 0.444. The molecule has 1 aliphatic heterocycles. The summed E-state index contributed by atoms with van der Waals surface area (Å²) in [7, 11) is 0. The Morgan fingerprint density at radius 2 is 1.96 bits per heavy atom. The van der Waals surface area contributed by atoms with Crippen molar-refractivity contribution in [3.8, 4) is 0 Å². The normalized spacial score (nSPS) is 17.3. The summed E-state index contributed by atoms with van der Waals surface area (Å²) in [5.41, 5.74) is 0.314. The first-order valence-corrected chi connectivity index (χ1v) is 8.68. The highest BCUT2D eigenvalue weighted by Gasteiger charge is 2.37. The molecule has 1 saturated heterocycles. The van der Waals surface area contributed by atoms with Gasteiger partial charge in [-0.3, -0.25) is 4.98 Å². The lowest BCUT2D eigenvalue weighted by atomic mass is 9.74. The third-order valence-corrected chi connectivity index (χ3v) is 5.21. The molecule has 0 bridgehead atoms. The lowest BCUT2D eigenvalue weighted by molar-refractivity contribution is -0.141. The van der Waals surface area contributed by atoms with Crippen LogP contribution in [-0.4, -0.2) is 34.8 Å². The molecule has 0 radical (unpaired) electrons.